The summed E-state index contributed by atoms with van der Waals surface area (Å²) in [5.41, 5.74) is 8.64. The van der Waals surface area contributed by atoms with Crippen molar-refractivity contribution in [3.8, 4) is 0 Å². The van der Waals surface area contributed by atoms with E-state index in [-0.39, 0.29) is 43.2 Å². The van der Waals surface area contributed by atoms with Gasteiger partial charge in [0.2, 0.25) is 5.91 Å². The molecule has 148 valence electrons. The first kappa shape index (κ1) is 23.5. The average Bonchev–Trinajstić information content (AvgIpc) is 2.63. The van der Waals surface area contributed by atoms with E-state index in [9.17, 15) is 4.79 Å². The number of nitrogens with zero attached hydrogens (tertiary/aromatic N) is 1. The number of morpholine rings is 1. The van der Waals surface area contributed by atoms with Crippen molar-refractivity contribution < 1.29 is 9.53 Å². The van der Waals surface area contributed by atoms with Gasteiger partial charge in [-0.1, -0.05) is 48.0 Å². The van der Waals surface area contributed by atoms with E-state index in [1.54, 1.807) is 0 Å². The van der Waals surface area contributed by atoms with Crippen LogP contribution in [-0.4, -0.2) is 32.2 Å². The van der Waals surface area contributed by atoms with Gasteiger partial charge in [-0.2, -0.15) is 0 Å². The summed E-state index contributed by atoms with van der Waals surface area (Å²) in [6.07, 6.45) is 0.207. The molecule has 3 N–H and O–H groups in total. The third-order valence-corrected chi connectivity index (χ3v) is 4.53. The highest BCUT2D eigenvalue weighted by molar-refractivity contribution is 6.34. The van der Waals surface area contributed by atoms with Crippen LogP contribution in [0.3, 0.4) is 0 Å². The lowest BCUT2D eigenvalue weighted by molar-refractivity contribution is -0.116. The lowest BCUT2D eigenvalue weighted by atomic mass is 10.0. The third-order valence-electron chi connectivity index (χ3n) is 4.22. The van der Waals surface area contributed by atoms with Gasteiger partial charge in [-0.25, -0.2) is 0 Å². The molecule has 3 rings (SSSR count). The summed E-state index contributed by atoms with van der Waals surface area (Å²) in [6.45, 7) is 2.79. The van der Waals surface area contributed by atoms with Crippen molar-refractivity contribution in [2.24, 2.45) is 5.73 Å². The second-order valence-electron chi connectivity index (χ2n) is 6.00. The molecule has 1 fully saturated rings. The van der Waals surface area contributed by atoms with Crippen LogP contribution in [0.2, 0.25) is 5.02 Å². The minimum absolute atomic E-state index is 0. The van der Waals surface area contributed by atoms with Crippen LogP contribution in [0.5, 0.6) is 0 Å². The fourth-order valence-corrected chi connectivity index (χ4v) is 3.24. The minimum atomic E-state index is -0.341. The Morgan fingerprint density at radius 3 is 2.44 bits per heavy atom. The van der Waals surface area contributed by atoms with Gasteiger partial charge in [0.05, 0.1) is 29.6 Å². The van der Waals surface area contributed by atoms with Crippen LogP contribution < -0.4 is 16.0 Å². The molecule has 0 aromatic heterocycles. The molecule has 0 aliphatic carbocycles. The Labute approximate surface area is 177 Å². The largest absolute Gasteiger partial charge is 0.378 e. The molecule has 1 amide bonds. The second-order valence-corrected chi connectivity index (χ2v) is 6.41. The SMILES string of the molecule is Cl.Cl.NC(CC(=O)Nc1cccc(Cl)c1N1CCOCC1)c1ccccc1. The standard InChI is InChI=1S/C19H22ClN3O2.2ClH/c20-15-7-4-8-17(19(15)23-9-11-25-12-10-23)22-18(24)13-16(21)14-5-2-1-3-6-14;;/h1-8,16H,9-13,21H2,(H,22,24);2*1H. The molecule has 0 spiro atoms. The van der Waals surface area contributed by atoms with Crippen LogP contribution >= 0.6 is 36.4 Å². The van der Waals surface area contributed by atoms with Gasteiger partial charge in [-0.05, 0) is 17.7 Å². The Balaban J connectivity index is 0.00000182. The zero-order valence-electron chi connectivity index (χ0n) is 14.8. The van der Waals surface area contributed by atoms with Gasteiger partial charge in [0.1, 0.15) is 0 Å². The zero-order valence-corrected chi connectivity index (χ0v) is 17.2. The van der Waals surface area contributed by atoms with E-state index in [2.05, 4.69) is 10.2 Å². The monoisotopic (exact) mass is 431 g/mol. The van der Waals surface area contributed by atoms with Crippen LogP contribution in [0.1, 0.15) is 18.0 Å². The highest BCUT2D eigenvalue weighted by atomic mass is 35.5. The zero-order chi connectivity index (χ0) is 17.6. The summed E-state index contributed by atoms with van der Waals surface area (Å²) in [6, 6.07) is 14.8. The number of anilines is 2. The highest BCUT2D eigenvalue weighted by Gasteiger charge is 2.20. The normalized spacial score (nSPS) is 14.5. The molecule has 1 heterocycles. The maximum absolute atomic E-state index is 12.5. The van der Waals surface area contributed by atoms with Gasteiger partial charge in [0, 0.05) is 25.6 Å². The van der Waals surface area contributed by atoms with Crippen molar-refractivity contribution in [1.82, 2.24) is 0 Å². The molecule has 1 aliphatic heterocycles. The first-order chi connectivity index (χ1) is 12.1. The molecule has 0 radical (unpaired) electrons. The van der Waals surface area contributed by atoms with Crippen LogP contribution in [-0.2, 0) is 9.53 Å². The molecule has 8 heteroatoms. The maximum atomic E-state index is 12.5. The number of para-hydroxylation sites is 1. The fourth-order valence-electron chi connectivity index (χ4n) is 2.94. The molecule has 2 aromatic carbocycles. The quantitative estimate of drug-likeness (QED) is 0.748. The van der Waals surface area contributed by atoms with Gasteiger partial charge in [0.15, 0.2) is 0 Å². The number of benzene rings is 2. The first-order valence-electron chi connectivity index (χ1n) is 8.37. The van der Waals surface area contributed by atoms with E-state index in [1.807, 2.05) is 48.5 Å². The van der Waals surface area contributed by atoms with E-state index in [1.165, 1.54) is 0 Å². The van der Waals surface area contributed by atoms with Crippen molar-refractivity contribution in [3.05, 3.63) is 59.1 Å². The van der Waals surface area contributed by atoms with Crippen LogP contribution in [0.25, 0.3) is 0 Å². The molecule has 1 unspecified atom stereocenters. The second kappa shape index (κ2) is 11.4. The van der Waals surface area contributed by atoms with Crippen LogP contribution in [0.4, 0.5) is 11.4 Å². The van der Waals surface area contributed by atoms with E-state index in [4.69, 9.17) is 22.1 Å². The van der Waals surface area contributed by atoms with Crippen molar-refractivity contribution >= 4 is 53.7 Å². The molecule has 1 atom stereocenters. The van der Waals surface area contributed by atoms with E-state index in [0.717, 1.165) is 24.3 Å². The Bertz CT molecular complexity index is 725. The minimum Gasteiger partial charge on any atom is -0.378 e. The molecule has 1 saturated heterocycles. The van der Waals surface area contributed by atoms with Gasteiger partial charge in [-0.3, -0.25) is 4.79 Å². The average molecular weight is 433 g/mol. The maximum Gasteiger partial charge on any atom is 0.226 e. The first-order valence-corrected chi connectivity index (χ1v) is 8.74. The van der Waals surface area contributed by atoms with Crippen LogP contribution in [0.15, 0.2) is 48.5 Å². The molecule has 0 saturated carbocycles. The number of rotatable bonds is 5. The Morgan fingerprint density at radius 1 is 1.11 bits per heavy atom. The highest BCUT2D eigenvalue weighted by Crippen LogP contribution is 2.34. The number of hydrogen-bond acceptors (Lipinski definition) is 4. The number of nitrogens with one attached hydrogen (secondary N) is 1. The Kier molecular flexibility index (Phi) is 9.91. The molecular formula is C19H24Cl3N3O2. The molecule has 5 nitrogen and oxygen atoms in total. The van der Waals surface area contributed by atoms with Crippen molar-refractivity contribution in [1.29, 1.82) is 0 Å². The topological polar surface area (TPSA) is 67.6 Å². The van der Waals surface area contributed by atoms with E-state index >= 15 is 0 Å². The smallest absolute Gasteiger partial charge is 0.226 e. The lowest BCUT2D eigenvalue weighted by Gasteiger charge is -2.31. The van der Waals surface area contributed by atoms with E-state index < -0.39 is 0 Å². The van der Waals surface area contributed by atoms with E-state index in [0.29, 0.717) is 23.9 Å². The predicted molar refractivity (Wildman–Crippen MR) is 116 cm³/mol. The molecule has 1 aliphatic rings. The summed E-state index contributed by atoms with van der Waals surface area (Å²) in [5.74, 6) is -0.131. The fraction of sp³-hybridized carbons (Fsp3) is 0.316. The molecule has 2 aromatic rings. The van der Waals surface area contributed by atoms with Gasteiger partial charge in [0.25, 0.3) is 0 Å². The number of nitrogens with two attached hydrogens (primary N) is 1. The van der Waals surface area contributed by atoms with Gasteiger partial charge >= 0.3 is 0 Å². The Hall–Kier alpha value is -1.50. The number of hydrogen-bond donors (Lipinski definition) is 2. The van der Waals surface area contributed by atoms with Crippen molar-refractivity contribution in [3.63, 3.8) is 0 Å². The summed E-state index contributed by atoms with van der Waals surface area (Å²) >= 11 is 6.39. The number of amides is 1. The summed E-state index contributed by atoms with van der Waals surface area (Å²) in [5, 5.41) is 3.58. The van der Waals surface area contributed by atoms with Gasteiger partial charge < -0.3 is 20.7 Å². The number of carbonyl (C=O) groups excluding carboxylic acids is 1. The third kappa shape index (κ3) is 6.26. The number of carbonyl (C=O) groups is 1. The Morgan fingerprint density at radius 2 is 1.78 bits per heavy atom. The van der Waals surface area contributed by atoms with Gasteiger partial charge in [-0.15, -0.1) is 24.8 Å². The summed E-state index contributed by atoms with van der Waals surface area (Å²) in [4.78, 5) is 14.6. The predicted octanol–water partition coefficient (Wildman–Crippen LogP) is 4.05. The molecular weight excluding hydrogens is 409 g/mol. The van der Waals surface area contributed by atoms with Crippen molar-refractivity contribution in [2.75, 3.05) is 36.5 Å². The number of halogens is 3. The molecule has 27 heavy (non-hydrogen) atoms. The number of ether oxygens (including phenoxy) is 1. The van der Waals surface area contributed by atoms with Crippen molar-refractivity contribution in [2.45, 2.75) is 12.5 Å². The summed E-state index contributed by atoms with van der Waals surface area (Å²) in [7, 11) is 0. The lowest BCUT2D eigenvalue weighted by Crippen LogP contribution is -2.37. The summed E-state index contributed by atoms with van der Waals surface area (Å²) < 4.78 is 5.40. The van der Waals surface area contributed by atoms with Crippen LogP contribution in [0, 0.1) is 0 Å². The molecule has 0 bridgehead atoms.